The highest BCUT2D eigenvalue weighted by Gasteiger charge is 2.19. The fourth-order valence-corrected chi connectivity index (χ4v) is 2.93. The van der Waals surface area contributed by atoms with E-state index in [1.807, 2.05) is 0 Å². The Balaban J connectivity index is 1.81. The van der Waals surface area contributed by atoms with Gasteiger partial charge < -0.3 is 25.0 Å². The van der Waals surface area contributed by atoms with E-state index in [9.17, 15) is 9.90 Å². The lowest BCUT2D eigenvalue weighted by Crippen LogP contribution is -2.28. The highest BCUT2D eigenvalue weighted by atomic mass is 16.5. The summed E-state index contributed by atoms with van der Waals surface area (Å²) in [4.78, 5) is 19.6. The molecule has 1 fully saturated rings. The minimum atomic E-state index is -1.07. The smallest absolute Gasteiger partial charge is 0.341 e. The van der Waals surface area contributed by atoms with Gasteiger partial charge in [0.15, 0.2) is 18.1 Å². The molecule has 1 heterocycles. The number of ether oxygens (including phenoxy) is 2. The van der Waals surface area contributed by atoms with Crippen molar-refractivity contribution < 1.29 is 24.5 Å². The van der Waals surface area contributed by atoms with Crippen LogP contribution in [-0.2, 0) is 4.79 Å². The molecule has 8 nitrogen and oxygen atoms in total. The number of rotatable bonds is 6. The summed E-state index contributed by atoms with van der Waals surface area (Å²) in [5.41, 5.74) is 1.21. The van der Waals surface area contributed by atoms with E-state index in [0.717, 1.165) is 25.7 Å². The quantitative estimate of drug-likeness (QED) is 0.725. The van der Waals surface area contributed by atoms with Gasteiger partial charge in [0.2, 0.25) is 0 Å². The molecule has 0 bridgehead atoms. The lowest BCUT2D eigenvalue weighted by Gasteiger charge is -2.26. The molecule has 1 aliphatic carbocycles. The van der Waals surface area contributed by atoms with Crippen LogP contribution < -0.4 is 14.8 Å². The normalized spacial score (nSPS) is 20.2. The number of methoxy groups -OCH3 is 1. The summed E-state index contributed by atoms with van der Waals surface area (Å²) >= 11 is 0. The number of aliphatic hydroxyl groups excluding tert-OH is 1. The van der Waals surface area contributed by atoms with Crippen molar-refractivity contribution in [3.8, 4) is 11.5 Å². The van der Waals surface area contributed by atoms with Crippen molar-refractivity contribution in [2.75, 3.05) is 19.0 Å². The van der Waals surface area contributed by atoms with Gasteiger partial charge in [-0.3, -0.25) is 4.98 Å². The number of hydrogen-bond donors (Lipinski definition) is 3. The van der Waals surface area contributed by atoms with Crippen molar-refractivity contribution in [1.82, 2.24) is 9.97 Å². The summed E-state index contributed by atoms with van der Waals surface area (Å²) in [5.74, 6) is 0.293. The Morgan fingerprint density at radius 2 is 1.96 bits per heavy atom. The number of aromatic nitrogens is 2. The zero-order valence-corrected chi connectivity index (χ0v) is 13.9. The van der Waals surface area contributed by atoms with Gasteiger partial charge >= 0.3 is 5.97 Å². The van der Waals surface area contributed by atoms with E-state index in [2.05, 4.69) is 15.3 Å². The lowest BCUT2D eigenvalue weighted by molar-refractivity contribution is -0.139. The van der Waals surface area contributed by atoms with Crippen LogP contribution in [0.1, 0.15) is 25.7 Å². The molecular weight excluding hydrogens is 326 g/mol. The molecule has 134 valence electrons. The first-order valence-corrected chi connectivity index (χ1v) is 8.19. The Hall–Kier alpha value is -2.61. The minimum absolute atomic E-state index is 0.206. The third kappa shape index (κ3) is 4.27. The van der Waals surface area contributed by atoms with E-state index in [0.29, 0.717) is 28.4 Å². The van der Waals surface area contributed by atoms with Crippen molar-refractivity contribution in [3.05, 3.63) is 18.3 Å². The second-order valence-corrected chi connectivity index (χ2v) is 6.08. The molecule has 3 rings (SSSR count). The van der Waals surface area contributed by atoms with Gasteiger partial charge in [0.05, 0.1) is 30.4 Å². The van der Waals surface area contributed by atoms with Crippen molar-refractivity contribution in [1.29, 1.82) is 0 Å². The van der Waals surface area contributed by atoms with Crippen molar-refractivity contribution in [2.45, 2.75) is 37.8 Å². The first-order valence-electron chi connectivity index (χ1n) is 8.19. The number of hydrogen-bond acceptors (Lipinski definition) is 7. The second kappa shape index (κ2) is 7.52. The van der Waals surface area contributed by atoms with Crippen LogP contribution in [0.2, 0.25) is 0 Å². The fourth-order valence-electron chi connectivity index (χ4n) is 2.93. The molecule has 0 aliphatic heterocycles. The number of aliphatic hydroxyl groups is 1. The lowest BCUT2D eigenvalue weighted by atomic mass is 9.93. The van der Waals surface area contributed by atoms with E-state index < -0.39 is 12.6 Å². The van der Waals surface area contributed by atoms with Crippen molar-refractivity contribution in [3.63, 3.8) is 0 Å². The van der Waals surface area contributed by atoms with Gasteiger partial charge in [0.1, 0.15) is 5.82 Å². The van der Waals surface area contributed by atoms with Gasteiger partial charge in [-0.25, -0.2) is 9.78 Å². The molecule has 1 aliphatic rings. The third-order valence-electron chi connectivity index (χ3n) is 4.23. The number of benzene rings is 1. The number of aliphatic carboxylic acids is 1. The average molecular weight is 347 g/mol. The molecule has 0 amide bonds. The Labute approximate surface area is 144 Å². The Morgan fingerprint density at radius 3 is 2.64 bits per heavy atom. The first-order chi connectivity index (χ1) is 12.0. The third-order valence-corrected chi connectivity index (χ3v) is 4.23. The van der Waals surface area contributed by atoms with Crippen LogP contribution in [-0.4, -0.2) is 52.0 Å². The number of fused-ring (bicyclic) bond motifs is 1. The van der Waals surface area contributed by atoms with Crippen LogP contribution in [0.4, 0.5) is 5.82 Å². The zero-order valence-electron chi connectivity index (χ0n) is 13.9. The molecule has 1 aromatic carbocycles. The summed E-state index contributed by atoms with van der Waals surface area (Å²) in [7, 11) is 1.48. The molecule has 0 radical (unpaired) electrons. The molecule has 8 heteroatoms. The van der Waals surface area contributed by atoms with Gasteiger partial charge in [-0.1, -0.05) is 0 Å². The molecule has 1 saturated carbocycles. The van der Waals surface area contributed by atoms with E-state index in [1.54, 1.807) is 18.3 Å². The fraction of sp³-hybridized carbons (Fsp3) is 0.471. The van der Waals surface area contributed by atoms with E-state index in [1.165, 1.54) is 7.11 Å². The van der Waals surface area contributed by atoms with Crippen LogP contribution in [0.25, 0.3) is 11.0 Å². The number of carbonyl (C=O) groups is 1. The summed E-state index contributed by atoms with van der Waals surface area (Å²) in [6, 6.07) is 3.55. The second-order valence-electron chi connectivity index (χ2n) is 6.08. The van der Waals surface area contributed by atoms with Crippen molar-refractivity contribution in [2.24, 2.45) is 0 Å². The highest BCUT2D eigenvalue weighted by molar-refractivity contribution is 5.80. The number of nitrogens with zero attached hydrogens (tertiary/aromatic N) is 2. The van der Waals surface area contributed by atoms with Crippen LogP contribution in [0.15, 0.2) is 18.3 Å². The summed E-state index contributed by atoms with van der Waals surface area (Å²) in [6.07, 6.45) is 4.78. The average Bonchev–Trinajstić information content (AvgIpc) is 2.61. The number of carboxylic acids is 1. The number of anilines is 1. The first kappa shape index (κ1) is 17.2. The SMILES string of the molecule is COc1cc2ncc(NC3CCC(O)CC3)nc2cc1OCC(=O)O. The number of nitrogens with one attached hydrogen (secondary N) is 1. The van der Waals surface area contributed by atoms with Gasteiger partial charge in [0, 0.05) is 18.2 Å². The maximum atomic E-state index is 10.7. The standard InChI is InChI=1S/C17H21N3O5/c1-24-14-6-12-13(7-15(14)25-9-17(22)23)20-16(8-18-12)19-10-2-4-11(21)5-3-10/h6-8,10-11,21H,2-5,9H2,1H3,(H,19,20)(H,22,23). The Morgan fingerprint density at radius 1 is 1.24 bits per heavy atom. The number of carboxylic acid groups (broad SMARTS) is 1. The van der Waals surface area contributed by atoms with Crippen LogP contribution in [0.3, 0.4) is 0 Å². The summed E-state index contributed by atoms with van der Waals surface area (Å²) in [6.45, 7) is -0.461. The molecule has 1 aromatic heterocycles. The minimum Gasteiger partial charge on any atom is -0.493 e. The topological polar surface area (TPSA) is 114 Å². The maximum Gasteiger partial charge on any atom is 0.341 e. The van der Waals surface area contributed by atoms with Gasteiger partial charge in [-0.15, -0.1) is 0 Å². The molecule has 0 unspecified atom stereocenters. The Bertz CT molecular complexity index is 759. The van der Waals surface area contributed by atoms with E-state index in [4.69, 9.17) is 14.6 Å². The maximum absolute atomic E-state index is 10.7. The van der Waals surface area contributed by atoms with Gasteiger partial charge in [0.25, 0.3) is 0 Å². The largest absolute Gasteiger partial charge is 0.493 e. The van der Waals surface area contributed by atoms with Crippen LogP contribution in [0.5, 0.6) is 11.5 Å². The molecule has 0 saturated heterocycles. The predicted octanol–water partition coefficient (Wildman–Crippen LogP) is 1.82. The summed E-state index contributed by atoms with van der Waals surface area (Å²) < 4.78 is 10.5. The molecule has 0 spiro atoms. The molecule has 25 heavy (non-hydrogen) atoms. The molecular formula is C17H21N3O5. The summed E-state index contributed by atoms with van der Waals surface area (Å²) in [5, 5.41) is 21.7. The van der Waals surface area contributed by atoms with E-state index in [-0.39, 0.29) is 12.1 Å². The monoisotopic (exact) mass is 347 g/mol. The molecule has 0 atom stereocenters. The van der Waals surface area contributed by atoms with E-state index >= 15 is 0 Å². The zero-order chi connectivity index (χ0) is 17.8. The highest BCUT2D eigenvalue weighted by Crippen LogP contribution is 2.31. The van der Waals surface area contributed by atoms with Gasteiger partial charge in [-0.05, 0) is 25.7 Å². The van der Waals surface area contributed by atoms with Crippen LogP contribution in [0, 0.1) is 0 Å². The Kier molecular flexibility index (Phi) is 5.18. The predicted molar refractivity (Wildman–Crippen MR) is 91.1 cm³/mol. The van der Waals surface area contributed by atoms with Gasteiger partial charge in [-0.2, -0.15) is 0 Å². The molecule has 2 aromatic rings. The van der Waals surface area contributed by atoms with Crippen molar-refractivity contribution >= 4 is 22.8 Å². The molecule has 3 N–H and O–H groups in total. The van der Waals surface area contributed by atoms with Crippen LogP contribution >= 0.6 is 0 Å².